The van der Waals surface area contributed by atoms with Crippen LogP contribution in [-0.4, -0.2) is 96.8 Å². The highest BCUT2D eigenvalue weighted by Gasteiger charge is 2.44. The van der Waals surface area contributed by atoms with E-state index in [0.29, 0.717) is 24.3 Å². The molecule has 0 aliphatic carbocycles. The van der Waals surface area contributed by atoms with Crippen molar-refractivity contribution in [2.45, 2.75) is 37.0 Å². The number of hydrogen-bond acceptors (Lipinski definition) is 11. The first-order valence-electron chi connectivity index (χ1n) is 11.7. The SMILES string of the molecule is COc1ccccc1/C=C/CN(CC[C@H](N)C(=O)O)C[C@H]1O[C@@H](n2cnc3c(N)ncnc32)[C@H](O)[C@@H]1O. The number of aliphatic carboxylic acids is 1. The van der Waals surface area contributed by atoms with Gasteiger partial charge in [-0.2, -0.15) is 0 Å². The van der Waals surface area contributed by atoms with E-state index in [2.05, 4.69) is 15.0 Å². The first-order chi connectivity index (χ1) is 17.8. The fourth-order valence-corrected chi connectivity index (χ4v) is 4.26. The van der Waals surface area contributed by atoms with E-state index in [1.54, 1.807) is 7.11 Å². The van der Waals surface area contributed by atoms with Gasteiger partial charge in [-0.3, -0.25) is 14.3 Å². The lowest BCUT2D eigenvalue weighted by Crippen LogP contribution is -2.42. The van der Waals surface area contributed by atoms with Gasteiger partial charge >= 0.3 is 5.97 Å². The largest absolute Gasteiger partial charge is 0.496 e. The molecule has 0 unspecified atom stereocenters. The maximum Gasteiger partial charge on any atom is 0.320 e. The number of carboxylic acids is 1. The molecule has 5 atom stereocenters. The number of para-hydroxylation sites is 1. The number of nitrogens with zero attached hydrogens (tertiary/aromatic N) is 5. The number of carboxylic acid groups (broad SMARTS) is 1. The Bertz CT molecular complexity index is 1250. The highest BCUT2D eigenvalue weighted by molar-refractivity contribution is 5.81. The fraction of sp³-hybridized carbons (Fsp3) is 0.417. The number of imidazole rings is 1. The predicted octanol–water partition coefficient (Wildman–Crippen LogP) is -0.146. The number of aliphatic hydroxyl groups excluding tert-OH is 2. The van der Waals surface area contributed by atoms with Crippen LogP contribution in [0.4, 0.5) is 5.82 Å². The van der Waals surface area contributed by atoms with Crippen LogP contribution >= 0.6 is 0 Å². The van der Waals surface area contributed by atoms with Crippen molar-refractivity contribution in [1.29, 1.82) is 0 Å². The number of nitrogen functional groups attached to an aromatic ring is 1. The van der Waals surface area contributed by atoms with Crippen LogP contribution in [0.3, 0.4) is 0 Å². The number of nitrogens with two attached hydrogens (primary N) is 2. The Morgan fingerprint density at radius 1 is 1.27 bits per heavy atom. The summed E-state index contributed by atoms with van der Waals surface area (Å²) in [6.45, 7) is 0.950. The predicted molar refractivity (Wildman–Crippen MR) is 134 cm³/mol. The lowest BCUT2D eigenvalue weighted by Gasteiger charge is -2.26. The van der Waals surface area contributed by atoms with Crippen molar-refractivity contribution in [1.82, 2.24) is 24.4 Å². The van der Waals surface area contributed by atoms with Crippen LogP contribution in [0.5, 0.6) is 5.75 Å². The molecule has 4 rings (SSSR count). The number of carbonyl (C=O) groups is 1. The summed E-state index contributed by atoms with van der Waals surface area (Å²) >= 11 is 0. The Morgan fingerprint density at radius 2 is 2.05 bits per heavy atom. The van der Waals surface area contributed by atoms with Crippen LogP contribution < -0.4 is 16.2 Å². The lowest BCUT2D eigenvalue weighted by molar-refractivity contribution is -0.138. The number of methoxy groups -OCH3 is 1. The summed E-state index contributed by atoms with van der Waals surface area (Å²) in [5, 5.41) is 30.8. The highest BCUT2D eigenvalue weighted by Crippen LogP contribution is 2.32. The van der Waals surface area contributed by atoms with Crippen LogP contribution in [0.15, 0.2) is 43.0 Å². The van der Waals surface area contributed by atoms with Crippen molar-refractivity contribution < 1.29 is 29.6 Å². The molecule has 3 aromatic rings. The molecule has 0 saturated carbocycles. The van der Waals surface area contributed by atoms with Gasteiger partial charge in [0.05, 0.1) is 13.4 Å². The minimum atomic E-state index is -1.26. The Kier molecular flexibility index (Phi) is 8.31. The zero-order valence-corrected chi connectivity index (χ0v) is 20.3. The first kappa shape index (κ1) is 26.4. The Hall–Kier alpha value is -3.62. The van der Waals surface area contributed by atoms with Crippen LogP contribution in [0.2, 0.25) is 0 Å². The van der Waals surface area contributed by atoms with Crippen LogP contribution in [0.1, 0.15) is 18.2 Å². The van der Waals surface area contributed by atoms with Crippen LogP contribution in [0, 0.1) is 0 Å². The van der Waals surface area contributed by atoms with Gasteiger partial charge in [-0.25, -0.2) is 15.0 Å². The number of anilines is 1. The topological polar surface area (TPSA) is 195 Å². The Balaban J connectivity index is 1.49. The second kappa shape index (κ2) is 11.6. The van der Waals surface area contributed by atoms with Gasteiger partial charge in [0, 0.05) is 25.2 Å². The quantitative estimate of drug-likeness (QED) is 0.228. The molecule has 0 radical (unpaired) electrons. The number of fused-ring (bicyclic) bond motifs is 1. The van der Waals surface area contributed by atoms with Gasteiger partial charge in [-0.05, 0) is 12.5 Å². The van der Waals surface area contributed by atoms with E-state index < -0.39 is 36.6 Å². The molecule has 1 aliphatic rings. The monoisotopic (exact) mass is 513 g/mol. The van der Waals surface area contributed by atoms with Gasteiger partial charge in [0.25, 0.3) is 0 Å². The van der Waals surface area contributed by atoms with Gasteiger partial charge in [-0.1, -0.05) is 30.4 Å². The highest BCUT2D eigenvalue weighted by atomic mass is 16.6. The van der Waals surface area contributed by atoms with Crippen LogP contribution in [-0.2, 0) is 9.53 Å². The molecule has 1 aromatic carbocycles. The van der Waals surface area contributed by atoms with E-state index in [4.69, 9.17) is 20.9 Å². The van der Waals surface area contributed by atoms with E-state index in [9.17, 15) is 20.1 Å². The van der Waals surface area contributed by atoms with Crippen molar-refractivity contribution in [3.8, 4) is 5.75 Å². The molecule has 0 bridgehead atoms. The third kappa shape index (κ3) is 5.87. The summed E-state index contributed by atoms with van der Waals surface area (Å²) in [4.78, 5) is 25.4. The molecule has 0 amide bonds. The molecule has 37 heavy (non-hydrogen) atoms. The molecule has 1 saturated heterocycles. The summed E-state index contributed by atoms with van der Waals surface area (Å²) in [5.74, 6) is -0.183. The van der Waals surface area contributed by atoms with Gasteiger partial charge in [0.2, 0.25) is 0 Å². The maximum atomic E-state index is 11.2. The second-order valence-corrected chi connectivity index (χ2v) is 8.77. The second-order valence-electron chi connectivity index (χ2n) is 8.77. The zero-order chi connectivity index (χ0) is 26.5. The van der Waals surface area contributed by atoms with E-state index in [0.717, 1.165) is 11.3 Å². The van der Waals surface area contributed by atoms with E-state index >= 15 is 0 Å². The third-order valence-corrected chi connectivity index (χ3v) is 6.31. The van der Waals surface area contributed by atoms with Crippen LogP contribution in [0.25, 0.3) is 17.2 Å². The summed E-state index contributed by atoms with van der Waals surface area (Å²) in [6, 6.07) is 6.51. The van der Waals surface area contributed by atoms with Gasteiger partial charge < -0.3 is 36.3 Å². The fourth-order valence-electron chi connectivity index (χ4n) is 4.26. The molecule has 0 spiro atoms. The zero-order valence-electron chi connectivity index (χ0n) is 20.3. The molecule has 3 heterocycles. The van der Waals surface area contributed by atoms with Crippen molar-refractivity contribution in [2.75, 3.05) is 32.5 Å². The molecule has 7 N–H and O–H groups in total. The van der Waals surface area contributed by atoms with E-state index in [-0.39, 0.29) is 18.8 Å². The van der Waals surface area contributed by atoms with Gasteiger partial charge in [-0.15, -0.1) is 0 Å². The number of hydrogen-bond donors (Lipinski definition) is 5. The molecule has 1 fully saturated rings. The number of ether oxygens (including phenoxy) is 2. The van der Waals surface area contributed by atoms with Gasteiger partial charge in [0.1, 0.15) is 41.9 Å². The summed E-state index contributed by atoms with van der Waals surface area (Å²) in [7, 11) is 1.59. The number of rotatable bonds is 11. The molecular weight excluding hydrogens is 482 g/mol. The summed E-state index contributed by atoms with van der Waals surface area (Å²) in [5.41, 5.74) is 13.2. The molecule has 13 nitrogen and oxygen atoms in total. The third-order valence-electron chi connectivity index (χ3n) is 6.31. The molecular formula is C24H31N7O6. The number of aliphatic hydroxyl groups is 2. The Morgan fingerprint density at radius 3 is 2.81 bits per heavy atom. The van der Waals surface area contributed by atoms with E-state index in [1.807, 2.05) is 41.3 Å². The summed E-state index contributed by atoms with van der Waals surface area (Å²) < 4.78 is 12.9. The Labute approximate surface area is 213 Å². The van der Waals surface area contributed by atoms with Crippen molar-refractivity contribution >= 4 is 29.0 Å². The van der Waals surface area contributed by atoms with E-state index in [1.165, 1.54) is 17.2 Å². The number of benzene rings is 1. The first-order valence-corrected chi connectivity index (χ1v) is 11.7. The standard InChI is InChI=1S/C24H31N7O6/c1-36-16-7-3-2-5-14(16)6-4-9-30(10-8-15(25)24(34)35)11-17-19(32)20(33)23(37-17)31-13-29-18-21(26)27-12-28-22(18)31/h2-7,12-13,15,17,19-20,23,32-33H,8-11,25H2,1H3,(H,34,35)(H2,26,27,28)/b6-4+/t15-,17+,19+,20+,23+/m0/s1. The summed E-state index contributed by atoms with van der Waals surface area (Å²) in [6.07, 6.45) is 2.50. The van der Waals surface area contributed by atoms with Crippen molar-refractivity contribution in [2.24, 2.45) is 5.73 Å². The molecule has 13 heteroatoms. The van der Waals surface area contributed by atoms with Crippen molar-refractivity contribution in [3.05, 3.63) is 48.6 Å². The normalized spacial score (nSPS) is 22.7. The molecule has 198 valence electrons. The number of aromatic nitrogens is 4. The average Bonchev–Trinajstić information content (AvgIpc) is 3.44. The van der Waals surface area contributed by atoms with Gasteiger partial charge in [0.15, 0.2) is 17.7 Å². The minimum absolute atomic E-state index is 0.189. The average molecular weight is 514 g/mol. The molecule has 2 aromatic heterocycles. The smallest absolute Gasteiger partial charge is 0.320 e. The maximum absolute atomic E-state index is 11.2. The minimum Gasteiger partial charge on any atom is -0.496 e. The van der Waals surface area contributed by atoms with Crippen molar-refractivity contribution in [3.63, 3.8) is 0 Å². The molecule has 1 aliphatic heterocycles. The lowest BCUT2D eigenvalue weighted by atomic mass is 10.1.